The molecule has 0 aliphatic carbocycles. The third-order valence-electron chi connectivity index (χ3n) is 6.01. The molecule has 2 aromatic rings. The molecule has 1 N–H and O–H groups in total. The van der Waals surface area contributed by atoms with Gasteiger partial charge in [0, 0.05) is 18.7 Å². The van der Waals surface area contributed by atoms with Gasteiger partial charge in [0.15, 0.2) is 0 Å². The van der Waals surface area contributed by atoms with Crippen molar-refractivity contribution in [2.45, 2.75) is 53.9 Å². The predicted octanol–water partition coefficient (Wildman–Crippen LogP) is 4.06. The lowest BCUT2D eigenvalue weighted by molar-refractivity contribution is -0.122. The molecule has 0 spiro atoms. The molecule has 1 aromatic heterocycles. The van der Waals surface area contributed by atoms with E-state index in [1.807, 2.05) is 32.0 Å². The number of esters is 2. The zero-order valence-electron chi connectivity index (χ0n) is 20.9. The molecule has 1 aliphatic heterocycles. The molecule has 3 rings (SSSR count). The molecule has 9 nitrogen and oxygen atoms in total. The molecule has 1 unspecified atom stereocenters. The van der Waals surface area contributed by atoms with Crippen LogP contribution in [-0.2, 0) is 31.9 Å². The smallest absolute Gasteiger partial charge is 0.344 e. The summed E-state index contributed by atoms with van der Waals surface area (Å²) in [6, 6.07) is 5.95. The molecule has 1 atom stereocenters. The Morgan fingerprint density at radius 3 is 2.11 bits per heavy atom. The Kier molecular flexibility index (Phi) is 8.32. The standard InChI is InChI=1S/C26H32N2O7/c1-6-16-11-10-12-17(7-2)22(16)28-14-18(13-19(28)29)23(30)27-24-21(26(32)34-9-4)20(15(5)35-24)25(31)33-8-3/h10-12,18H,6-9,13-14H2,1-5H3,(H,27,30). The first-order chi connectivity index (χ1) is 16.8. The summed E-state index contributed by atoms with van der Waals surface area (Å²) in [5.41, 5.74) is 2.67. The maximum Gasteiger partial charge on any atom is 0.344 e. The molecule has 1 aliphatic rings. The van der Waals surface area contributed by atoms with E-state index in [1.165, 1.54) is 6.92 Å². The number of carbonyl (C=O) groups excluding carboxylic acids is 4. The maximum atomic E-state index is 13.2. The predicted molar refractivity (Wildman–Crippen MR) is 130 cm³/mol. The molecule has 1 saturated heterocycles. The number of furan rings is 1. The molecule has 1 fully saturated rings. The van der Waals surface area contributed by atoms with Crippen LogP contribution in [-0.4, -0.2) is 43.5 Å². The summed E-state index contributed by atoms with van der Waals surface area (Å²) in [4.78, 5) is 52.9. The molecule has 0 bridgehead atoms. The maximum absolute atomic E-state index is 13.2. The topological polar surface area (TPSA) is 115 Å². The lowest BCUT2D eigenvalue weighted by Gasteiger charge is -2.23. The molecule has 1 aromatic carbocycles. The molecule has 2 heterocycles. The van der Waals surface area contributed by atoms with Crippen LogP contribution in [0.25, 0.3) is 0 Å². The van der Waals surface area contributed by atoms with Crippen LogP contribution in [0, 0.1) is 12.8 Å². The van der Waals surface area contributed by atoms with Gasteiger partial charge in [-0.3, -0.25) is 14.9 Å². The van der Waals surface area contributed by atoms with Gasteiger partial charge in [-0.05, 0) is 44.7 Å². The van der Waals surface area contributed by atoms with Crippen LogP contribution in [0.4, 0.5) is 11.6 Å². The first kappa shape index (κ1) is 26.0. The average Bonchev–Trinajstić information content (AvgIpc) is 3.38. The van der Waals surface area contributed by atoms with Gasteiger partial charge >= 0.3 is 11.9 Å². The summed E-state index contributed by atoms with van der Waals surface area (Å²) in [6.45, 7) is 9.20. The Morgan fingerprint density at radius 1 is 1.00 bits per heavy atom. The highest BCUT2D eigenvalue weighted by atomic mass is 16.5. The van der Waals surface area contributed by atoms with Crippen LogP contribution in [0.2, 0.25) is 0 Å². The monoisotopic (exact) mass is 484 g/mol. The third-order valence-corrected chi connectivity index (χ3v) is 6.01. The van der Waals surface area contributed by atoms with Crippen LogP contribution in [0.1, 0.15) is 71.7 Å². The van der Waals surface area contributed by atoms with Crippen molar-refractivity contribution in [3.63, 3.8) is 0 Å². The highest BCUT2D eigenvalue weighted by molar-refractivity contribution is 6.10. The zero-order valence-corrected chi connectivity index (χ0v) is 20.9. The second-order valence-corrected chi connectivity index (χ2v) is 8.20. The second-order valence-electron chi connectivity index (χ2n) is 8.20. The van der Waals surface area contributed by atoms with Crippen molar-refractivity contribution in [1.82, 2.24) is 0 Å². The Morgan fingerprint density at radius 2 is 1.57 bits per heavy atom. The van der Waals surface area contributed by atoms with Crippen LogP contribution in [0.3, 0.4) is 0 Å². The van der Waals surface area contributed by atoms with Gasteiger partial charge in [-0.2, -0.15) is 0 Å². The number of aryl methyl sites for hydroxylation is 3. The van der Waals surface area contributed by atoms with Gasteiger partial charge in [0.05, 0.1) is 19.1 Å². The minimum Gasteiger partial charge on any atom is -0.462 e. The molecule has 2 amide bonds. The van der Waals surface area contributed by atoms with E-state index in [-0.39, 0.29) is 54.9 Å². The van der Waals surface area contributed by atoms with E-state index >= 15 is 0 Å². The Balaban J connectivity index is 1.89. The van der Waals surface area contributed by atoms with E-state index in [9.17, 15) is 19.2 Å². The summed E-state index contributed by atoms with van der Waals surface area (Å²) in [7, 11) is 0. The van der Waals surface area contributed by atoms with Crippen LogP contribution in [0.15, 0.2) is 22.6 Å². The summed E-state index contributed by atoms with van der Waals surface area (Å²) in [5.74, 6) is -2.92. The number of rotatable bonds is 9. The number of ether oxygens (including phenoxy) is 2. The van der Waals surface area contributed by atoms with E-state index < -0.39 is 23.8 Å². The zero-order chi connectivity index (χ0) is 25.7. The molecule has 0 radical (unpaired) electrons. The number of nitrogens with one attached hydrogen (secondary N) is 1. The number of para-hydroxylation sites is 1. The third kappa shape index (κ3) is 5.23. The lowest BCUT2D eigenvalue weighted by atomic mass is 10.0. The van der Waals surface area contributed by atoms with Gasteiger partial charge in [0.1, 0.15) is 16.9 Å². The number of nitrogens with zero attached hydrogens (tertiary/aromatic N) is 1. The van der Waals surface area contributed by atoms with E-state index in [4.69, 9.17) is 13.9 Å². The van der Waals surface area contributed by atoms with Crippen LogP contribution in [0.5, 0.6) is 0 Å². The number of benzene rings is 1. The average molecular weight is 485 g/mol. The van der Waals surface area contributed by atoms with E-state index in [0.29, 0.717) is 0 Å². The molecule has 9 heteroatoms. The van der Waals surface area contributed by atoms with Crippen molar-refractivity contribution in [3.05, 3.63) is 46.2 Å². The fourth-order valence-electron chi connectivity index (χ4n) is 4.35. The second kappa shape index (κ2) is 11.2. The fourth-order valence-corrected chi connectivity index (χ4v) is 4.35. The summed E-state index contributed by atoms with van der Waals surface area (Å²) >= 11 is 0. The highest BCUT2D eigenvalue weighted by Gasteiger charge is 2.38. The molecule has 188 valence electrons. The van der Waals surface area contributed by atoms with Gasteiger partial charge in [-0.15, -0.1) is 0 Å². The minimum absolute atomic E-state index is 0.0200. The number of carbonyl (C=O) groups is 4. The van der Waals surface area contributed by atoms with Gasteiger partial charge in [0.25, 0.3) is 0 Å². The van der Waals surface area contributed by atoms with Crippen LogP contribution >= 0.6 is 0 Å². The van der Waals surface area contributed by atoms with E-state index in [1.54, 1.807) is 18.7 Å². The van der Waals surface area contributed by atoms with Gasteiger partial charge in [0.2, 0.25) is 17.7 Å². The number of hydrogen-bond acceptors (Lipinski definition) is 7. The Hall–Kier alpha value is -3.62. The largest absolute Gasteiger partial charge is 0.462 e. The van der Waals surface area contributed by atoms with E-state index in [0.717, 1.165) is 29.7 Å². The Labute approximate surface area is 204 Å². The van der Waals surface area contributed by atoms with Gasteiger partial charge in [-0.1, -0.05) is 32.0 Å². The highest BCUT2D eigenvalue weighted by Crippen LogP contribution is 2.34. The lowest BCUT2D eigenvalue weighted by Crippen LogP contribution is -2.30. The molecule has 0 saturated carbocycles. The van der Waals surface area contributed by atoms with Gasteiger partial charge < -0.3 is 18.8 Å². The molecular formula is C26H32N2O7. The van der Waals surface area contributed by atoms with E-state index in [2.05, 4.69) is 5.32 Å². The summed E-state index contributed by atoms with van der Waals surface area (Å²) < 4.78 is 15.7. The molecule has 35 heavy (non-hydrogen) atoms. The fraction of sp³-hybridized carbons (Fsp3) is 0.462. The quantitative estimate of drug-likeness (QED) is 0.534. The van der Waals surface area contributed by atoms with Crippen molar-refractivity contribution in [1.29, 1.82) is 0 Å². The van der Waals surface area contributed by atoms with Crippen molar-refractivity contribution >= 4 is 35.3 Å². The summed E-state index contributed by atoms with van der Waals surface area (Å²) in [5, 5.41) is 2.61. The Bertz CT molecular complexity index is 1110. The first-order valence-corrected chi connectivity index (χ1v) is 12.0. The first-order valence-electron chi connectivity index (χ1n) is 12.0. The van der Waals surface area contributed by atoms with Crippen molar-refractivity contribution < 1.29 is 33.1 Å². The number of amides is 2. The normalized spacial score (nSPS) is 15.3. The van der Waals surface area contributed by atoms with Crippen molar-refractivity contribution in [2.75, 3.05) is 30.0 Å². The van der Waals surface area contributed by atoms with Crippen LogP contribution < -0.4 is 10.2 Å². The number of anilines is 2. The summed E-state index contributed by atoms with van der Waals surface area (Å²) in [6.07, 6.45) is 1.54. The van der Waals surface area contributed by atoms with Crippen molar-refractivity contribution in [2.24, 2.45) is 5.92 Å². The SMILES string of the molecule is CCOC(=O)c1c(C)oc(NC(=O)C2CC(=O)N(c3c(CC)cccc3CC)C2)c1C(=O)OCC. The van der Waals surface area contributed by atoms with Gasteiger partial charge in [-0.25, -0.2) is 9.59 Å². The minimum atomic E-state index is -0.809. The number of hydrogen-bond donors (Lipinski definition) is 1. The van der Waals surface area contributed by atoms with Crippen molar-refractivity contribution in [3.8, 4) is 0 Å². The molecular weight excluding hydrogens is 452 g/mol.